The van der Waals surface area contributed by atoms with E-state index < -0.39 is 16.9 Å². The molecule has 0 saturated heterocycles. The maximum absolute atomic E-state index is 12.9. The number of benzene rings is 2. The van der Waals surface area contributed by atoms with Gasteiger partial charge in [0.15, 0.2) is 5.69 Å². The van der Waals surface area contributed by atoms with E-state index in [0.717, 1.165) is 11.1 Å². The third-order valence-corrected chi connectivity index (χ3v) is 4.24. The normalized spacial score (nSPS) is 11.1. The van der Waals surface area contributed by atoms with Gasteiger partial charge >= 0.3 is 6.18 Å². The predicted molar refractivity (Wildman–Crippen MR) is 86.8 cm³/mol. The molecular weight excluding hydrogens is 337 g/mol. The van der Waals surface area contributed by atoms with Gasteiger partial charge < -0.3 is 0 Å². The van der Waals surface area contributed by atoms with E-state index in [2.05, 4.69) is 15.0 Å². The highest BCUT2D eigenvalue weighted by Crippen LogP contribution is 2.42. The fourth-order valence-corrected chi connectivity index (χ4v) is 3.07. The van der Waals surface area contributed by atoms with E-state index in [-0.39, 0.29) is 5.01 Å². The van der Waals surface area contributed by atoms with E-state index in [1.807, 2.05) is 42.5 Å². The number of alkyl halides is 3. The van der Waals surface area contributed by atoms with Crippen LogP contribution in [0.4, 0.5) is 18.2 Å². The Labute approximate surface area is 138 Å². The summed E-state index contributed by atoms with van der Waals surface area (Å²) in [5.74, 6) is 0. The molecule has 0 atom stereocenters. The number of rotatable bonds is 3. The molecule has 0 N–H and O–H groups in total. The summed E-state index contributed by atoms with van der Waals surface area (Å²) < 4.78 is 38.8. The Bertz CT molecular complexity index is 895. The smallest absolute Gasteiger partial charge is 0.231 e. The van der Waals surface area contributed by atoms with Gasteiger partial charge in [-0.15, -0.1) is 11.3 Å². The maximum atomic E-state index is 12.9. The Balaban J connectivity index is 1.99. The highest BCUT2D eigenvalue weighted by molar-refractivity contribution is 7.18. The van der Waals surface area contributed by atoms with Crippen LogP contribution in [0, 0.1) is 0 Å². The molecule has 0 bridgehead atoms. The Kier molecular flexibility index (Phi) is 4.24. The molecule has 0 spiro atoms. The summed E-state index contributed by atoms with van der Waals surface area (Å²) in [6, 6.07) is 16.6. The highest BCUT2D eigenvalue weighted by atomic mass is 32.1. The Morgan fingerprint density at radius 3 is 2.08 bits per heavy atom. The SMILES string of the molecule is [N-]=[N+]=Nc1sc(-c2ccc(-c3ccccc3)cc2)nc1C(F)(F)F. The van der Waals surface area contributed by atoms with E-state index in [1.165, 1.54) is 0 Å². The van der Waals surface area contributed by atoms with E-state index in [9.17, 15) is 13.2 Å². The zero-order valence-corrected chi connectivity index (χ0v) is 12.8. The Morgan fingerprint density at radius 2 is 1.50 bits per heavy atom. The van der Waals surface area contributed by atoms with Crippen molar-refractivity contribution in [2.24, 2.45) is 5.11 Å². The molecule has 1 heterocycles. The number of thiazole rings is 1. The molecule has 4 nitrogen and oxygen atoms in total. The molecule has 8 heteroatoms. The Hall–Kier alpha value is -2.83. The molecule has 0 aliphatic heterocycles. The molecule has 3 rings (SSSR count). The van der Waals surface area contributed by atoms with Crippen LogP contribution in [0.3, 0.4) is 0 Å². The highest BCUT2D eigenvalue weighted by Gasteiger charge is 2.37. The summed E-state index contributed by atoms with van der Waals surface area (Å²) in [5, 5.41) is 2.78. The molecule has 3 aromatic rings. The third-order valence-electron chi connectivity index (χ3n) is 3.25. The molecule has 120 valence electrons. The molecule has 1 aromatic heterocycles. The summed E-state index contributed by atoms with van der Waals surface area (Å²) in [5.41, 5.74) is 9.75. The lowest BCUT2D eigenvalue weighted by atomic mass is 10.0. The largest absolute Gasteiger partial charge is 0.434 e. The predicted octanol–water partition coefficient (Wildman–Crippen LogP) is 6.44. The maximum Gasteiger partial charge on any atom is 0.434 e. The second-order valence-corrected chi connectivity index (χ2v) is 5.78. The summed E-state index contributed by atoms with van der Waals surface area (Å²) in [6.07, 6.45) is -4.66. The van der Waals surface area contributed by atoms with Gasteiger partial charge in [-0.2, -0.15) is 13.2 Å². The summed E-state index contributed by atoms with van der Waals surface area (Å²) in [4.78, 5) is 6.04. The quantitative estimate of drug-likeness (QED) is 0.306. The van der Waals surface area contributed by atoms with Crippen molar-refractivity contribution in [2.45, 2.75) is 6.18 Å². The molecule has 0 aliphatic carbocycles. The zero-order valence-electron chi connectivity index (χ0n) is 12.0. The van der Waals surface area contributed by atoms with E-state index >= 15 is 0 Å². The van der Waals surface area contributed by atoms with Crippen molar-refractivity contribution in [1.82, 2.24) is 4.98 Å². The van der Waals surface area contributed by atoms with Crippen LogP contribution in [0.2, 0.25) is 0 Å². The standard InChI is InChI=1S/C16H9F3N4S/c17-16(18,19)13-15(22-23-20)24-14(21-13)12-8-6-11(7-9-12)10-4-2-1-3-5-10/h1-9H. The molecule has 0 amide bonds. The molecule has 2 aromatic carbocycles. The van der Waals surface area contributed by atoms with Crippen LogP contribution >= 0.6 is 11.3 Å². The summed E-state index contributed by atoms with van der Waals surface area (Å²) in [6.45, 7) is 0. The molecule has 0 radical (unpaired) electrons. The lowest BCUT2D eigenvalue weighted by Crippen LogP contribution is -2.05. The van der Waals surface area contributed by atoms with Gasteiger partial charge in [-0.3, -0.25) is 0 Å². The monoisotopic (exact) mass is 346 g/mol. The first kappa shape index (κ1) is 16.0. The first-order chi connectivity index (χ1) is 11.5. The van der Waals surface area contributed by atoms with Crippen molar-refractivity contribution in [2.75, 3.05) is 0 Å². The van der Waals surface area contributed by atoms with E-state index in [4.69, 9.17) is 5.53 Å². The minimum absolute atomic E-state index is 0.157. The van der Waals surface area contributed by atoms with Crippen molar-refractivity contribution in [3.05, 3.63) is 70.7 Å². The van der Waals surface area contributed by atoms with Crippen LogP contribution in [0.1, 0.15) is 5.69 Å². The van der Waals surface area contributed by atoms with Crippen LogP contribution < -0.4 is 0 Å². The molecule has 0 saturated carbocycles. The van der Waals surface area contributed by atoms with Gasteiger partial charge in [0.05, 0.1) is 0 Å². The first-order valence-corrected chi connectivity index (χ1v) is 7.59. The molecule has 0 unspecified atom stereocenters. The van der Waals surface area contributed by atoms with Crippen molar-refractivity contribution < 1.29 is 13.2 Å². The van der Waals surface area contributed by atoms with Crippen molar-refractivity contribution in [3.63, 3.8) is 0 Å². The summed E-state index contributed by atoms with van der Waals surface area (Å²) in [7, 11) is 0. The fourth-order valence-electron chi connectivity index (χ4n) is 2.16. The average molecular weight is 346 g/mol. The minimum Gasteiger partial charge on any atom is -0.231 e. The van der Waals surface area contributed by atoms with Crippen LogP contribution in [0.5, 0.6) is 0 Å². The van der Waals surface area contributed by atoms with Crippen molar-refractivity contribution >= 4 is 16.3 Å². The van der Waals surface area contributed by atoms with Crippen LogP contribution in [0.15, 0.2) is 59.7 Å². The van der Waals surface area contributed by atoms with E-state index in [0.29, 0.717) is 16.9 Å². The molecule has 0 fully saturated rings. The van der Waals surface area contributed by atoms with Crippen molar-refractivity contribution in [3.8, 4) is 21.7 Å². The van der Waals surface area contributed by atoms with Crippen LogP contribution in [-0.2, 0) is 6.18 Å². The minimum atomic E-state index is -4.66. The van der Waals surface area contributed by atoms with Gasteiger partial charge in [0, 0.05) is 10.5 Å². The molecule has 24 heavy (non-hydrogen) atoms. The van der Waals surface area contributed by atoms with Gasteiger partial charge in [-0.1, -0.05) is 54.6 Å². The number of hydrogen-bond donors (Lipinski definition) is 0. The lowest BCUT2D eigenvalue weighted by molar-refractivity contribution is -0.140. The molecular formula is C16H9F3N4S. The average Bonchev–Trinajstić information content (AvgIpc) is 3.01. The van der Waals surface area contributed by atoms with Crippen LogP contribution in [0.25, 0.3) is 32.1 Å². The number of hydrogen-bond acceptors (Lipinski definition) is 3. The second kappa shape index (κ2) is 6.35. The lowest BCUT2D eigenvalue weighted by Gasteiger charge is -2.03. The van der Waals surface area contributed by atoms with Gasteiger partial charge in [0.1, 0.15) is 10.0 Å². The van der Waals surface area contributed by atoms with Gasteiger partial charge in [-0.05, 0) is 21.8 Å². The zero-order chi connectivity index (χ0) is 17.2. The van der Waals surface area contributed by atoms with Crippen molar-refractivity contribution in [1.29, 1.82) is 0 Å². The molecule has 0 aliphatic rings. The number of azide groups is 1. The van der Waals surface area contributed by atoms with Gasteiger partial charge in [0.2, 0.25) is 0 Å². The first-order valence-electron chi connectivity index (χ1n) is 6.78. The van der Waals surface area contributed by atoms with E-state index in [1.54, 1.807) is 12.1 Å². The van der Waals surface area contributed by atoms with Gasteiger partial charge in [0.25, 0.3) is 0 Å². The number of aromatic nitrogens is 1. The third kappa shape index (κ3) is 3.24. The summed E-state index contributed by atoms with van der Waals surface area (Å²) >= 11 is 0.714. The second-order valence-electron chi connectivity index (χ2n) is 4.80. The number of halogens is 3. The fraction of sp³-hybridized carbons (Fsp3) is 0.0625. The number of nitrogens with zero attached hydrogens (tertiary/aromatic N) is 4. The Morgan fingerprint density at radius 1 is 0.917 bits per heavy atom. The van der Waals surface area contributed by atoms with Crippen LogP contribution in [-0.4, -0.2) is 4.98 Å². The topological polar surface area (TPSA) is 61.7 Å². The van der Waals surface area contributed by atoms with Gasteiger partial charge in [-0.25, -0.2) is 4.98 Å².